The molecule has 0 amide bonds. The van der Waals surface area contributed by atoms with E-state index in [-0.39, 0.29) is 6.04 Å². The van der Waals surface area contributed by atoms with Gasteiger partial charge in [-0.05, 0) is 48.1 Å². The molecule has 2 aromatic heterocycles. The normalized spacial score (nSPS) is 12.4. The van der Waals surface area contributed by atoms with Crippen LogP contribution in [-0.4, -0.2) is 16.2 Å². The summed E-state index contributed by atoms with van der Waals surface area (Å²) in [6.45, 7) is 0. The van der Waals surface area contributed by atoms with Crippen LogP contribution in [0.4, 0.5) is 0 Å². The Morgan fingerprint density at radius 2 is 1.89 bits per heavy atom. The predicted octanol–water partition coefficient (Wildman–Crippen LogP) is 5.70. The highest BCUT2D eigenvalue weighted by atomic mass is 35.5. The standard InChI is InChI=1S/C22H19Cl2N3O/c23-18-4-3-15(21(24)11-18)10-19(25)5-6-20-12-22(27-28-20)16-1-2-17-13-26-8-7-14(17)9-16/h1-4,7-9,11-13,19H,5-6,10,25H2/t19-/m1/s1. The Labute approximate surface area is 173 Å². The summed E-state index contributed by atoms with van der Waals surface area (Å²) in [6.07, 6.45) is 5.82. The minimum Gasteiger partial charge on any atom is -0.361 e. The smallest absolute Gasteiger partial charge is 0.137 e. The lowest BCUT2D eigenvalue weighted by Gasteiger charge is -2.12. The van der Waals surface area contributed by atoms with Crippen molar-refractivity contribution in [1.82, 2.24) is 10.1 Å². The van der Waals surface area contributed by atoms with E-state index in [1.165, 1.54) is 0 Å². The predicted molar refractivity (Wildman–Crippen MR) is 114 cm³/mol. The van der Waals surface area contributed by atoms with Crippen molar-refractivity contribution in [3.05, 3.63) is 82.3 Å². The van der Waals surface area contributed by atoms with Crippen LogP contribution in [0.5, 0.6) is 0 Å². The highest BCUT2D eigenvalue weighted by molar-refractivity contribution is 6.35. The highest BCUT2D eigenvalue weighted by Crippen LogP contribution is 2.25. The van der Waals surface area contributed by atoms with Crippen LogP contribution in [0.15, 0.2) is 65.4 Å². The number of aryl methyl sites for hydroxylation is 1. The van der Waals surface area contributed by atoms with E-state index in [4.69, 9.17) is 33.5 Å². The van der Waals surface area contributed by atoms with Crippen molar-refractivity contribution in [2.45, 2.75) is 25.3 Å². The van der Waals surface area contributed by atoms with Crippen LogP contribution in [0.3, 0.4) is 0 Å². The molecule has 0 aliphatic carbocycles. The minimum atomic E-state index is -0.0274. The summed E-state index contributed by atoms with van der Waals surface area (Å²) in [5.41, 5.74) is 9.12. The molecule has 0 unspecified atom stereocenters. The molecule has 0 fully saturated rings. The van der Waals surface area contributed by atoms with Gasteiger partial charge in [0, 0.05) is 51.9 Å². The summed E-state index contributed by atoms with van der Waals surface area (Å²) in [7, 11) is 0. The molecule has 6 heteroatoms. The van der Waals surface area contributed by atoms with E-state index >= 15 is 0 Å². The number of pyridine rings is 1. The maximum atomic E-state index is 6.28. The Bertz CT molecular complexity index is 1110. The molecule has 0 spiro atoms. The van der Waals surface area contributed by atoms with Gasteiger partial charge in [-0.3, -0.25) is 4.98 Å². The third kappa shape index (κ3) is 4.36. The van der Waals surface area contributed by atoms with E-state index in [0.29, 0.717) is 16.5 Å². The molecular weight excluding hydrogens is 393 g/mol. The van der Waals surface area contributed by atoms with Crippen LogP contribution in [0.2, 0.25) is 10.0 Å². The SMILES string of the molecule is N[C@H](CCc1cc(-c2ccc3cnccc3c2)no1)Cc1ccc(Cl)cc1Cl. The average molecular weight is 412 g/mol. The highest BCUT2D eigenvalue weighted by Gasteiger charge is 2.12. The molecule has 1 atom stereocenters. The molecule has 0 aliphatic rings. The molecule has 2 aromatic carbocycles. The number of hydrogen-bond donors (Lipinski definition) is 1. The van der Waals surface area contributed by atoms with Gasteiger partial charge in [-0.15, -0.1) is 0 Å². The van der Waals surface area contributed by atoms with Crippen molar-refractivity contribution in [1.29, 1.82) is 0 Å². The van der Waals surface area contributed by atoms with Crippen LogP contribution in [-0.2, 0) is 12.8 Å². The number of aromatic nitrogens is 2. The summed E-state index contributed by atoms with van der Waals surface area (Å²) >= 11 is 12.2. The van der Waals surface area contributed by atoms with Crippen molar-refractivity contribution in [2.75, 3.05) is 0 Å². The largest absolute Gasteiger partial charge is 0.361 e. The summed E-state index contributed by atoms with van der Waals surface area (Å²) in [5, 5.41) is 7.71. The molecule has 2 N–H and O–H groups in total. The number of benzene rings is 2. The number of hydrogen-bond acceptors (Lipinski definition) is 4. The Kier molecular flexibility index (Phi) is 5.62. The third-order valence-electron chi connectivity index (χ3n) is 4.75. The molecule has 0 saturated carbocycles. The number of rotatable bonds is 6. The van der Waals surface area contributed by atoms with Crippen LogP contribution < -0.4 is 5.73 Å². The first-order chi connectivity index (χ1) is 13.6. The molecule has 142 valence electrons. The van der Waals surface area contributed by atoms with Crippen LogP contribution in [0.1, 0.15) is 17.7 Å². The fourth-order valence-electron chi connectivity index (χ4n) is 3.21. The van der Waals surface area contributed by atoms with Gasteiger partial charge >= 0.3 is 0 Å². The van der Waals surface area contributed by atoms with Gasteiger partial charge in [0.25, 0.3) is 0 Å². The second-order valence-electron chi connectivity index (χ2n) is 6.85. The molecule has 0 bridgehead atoms. The summed E-state index contributed by atoms with van der Waals surface area (Å²) in [4.78, 5) is 4.14. The first-order valence-corrected chi connectivity index (χ1v) is 9.83. The van der Waals surface area contributed by atoms with Gasteiger partial charge in [0.05, 0.1) is 0 Å². The molecular formula is C22H19Cl2N3O. The summed E-state index contributed by atoms with van der Waals surface area (Å²) in [6, 6.07) is 15.6. The van der Waals surface area contributed by atoms with E-state index in [2.05, 4.69) is 16.2 Å². The van der Waals surface area contributed by atoms with Gasteiger partial charge in [0.2, 0.25) is 0 Å². The fraction of sp³-hybridized carbons (Fsp3) is 0.182. The third-order valence-corrected chi connectivity index (χ3v) is 5.34. The Hall–Kier alpha value is -2.40. The summed E-state index contributed by atoms with van der Waals surface area (Å²) < 4.78 is 5.51. The molecule has 4 rings (SSSR count). The zero-order valence-corrected chi connectivity index (χ0v) is 16.6. The molecule has 0 radical (unpaired) electrons. The van der Waals surface area contributed by atoms with E-state index in [1.54, 1.807) is 12.3 Å². The van der Waals surface area contributed by atoms with E-state index in [9.17, 15) is 0 Å². The quantitative estimate of drug-likeness (QED) is 0.441. The van der Waals surface area contributed by atoms with E-state index in [1.807, 2.05) is 42.6 Å². The average Bonchev–Trinajstić information content (AvgIpc) is 3.17. The lowest BCUT2D eigenvalue weighted by Crippen LogP contribution is -2.23. The zero-order chi connectivity index (χ0) is 19.5. The van der Waals surface area contributed by atoms with Crippen LogP contribution >= 0.6 is 23.2 Å². The van der Waals surface area contributed by atoms with Crippen molar-refractivity contribution in [3.8, 4) is 11.3 Å². The second-order valence-corrected chi connectivity index (χ2v) is 7.70. The Balaban J connectivity index is 1.40. The van der Waals surface area contributed by atoms with Crippen molar-refractivity contribution in [2.24, 2.45) is 5.73 Å². The zero-order valence-electron chi connectivity index (χ0n) is 15.1. The molecule has 0 saturated heterocycles. The number of fused-ring (bicyclic) bond motifs is 1. The van der Waals surface area contributed by atoms with Gasteiger partial charge in [-0.1, -0.05) is 46.6 Å². The number of halogens is 2. The molecule has 4 nitrogen and oxygen atoms in total. The van der Waals surface area contributed by atoms with Gasteiger partial charge in [0.1, 0.15) is 11.5 Å². The minimum absolute atomic E-state index is 0.0274. The Morgan fingerprint density at radius 3 is 2.75 bits per heavy atom. The topological polar surface area (TPSA) is 64.9 Å². The first-order valence-electron chi connectivity index (χ1n) is 9.08. The molecule has 0 aliphatic heterocycles. The van der Waals surface area contributed by atoms with Crippen LogP contribution in [0.25, 0.3) is 22.0 Å². The van der Waals surface area contributed by atoms with Crippen LogP contribution in [0, 0.1) is 0 Å². The summed E-state index contributed by atoms with van der Waals surface area (Å²) in [5.74, 6) is 0.822. The Morgan fingerprint density at radius 1 is 1.00 bits per heavy atom. The maximum absolute atomic E-state index is 6.28. The lowest BCUT2D eigenvalue weighted by molar-refractivity contribution is 0.378. The molecule has 4 aromatic rings. The maximum Gasteiger partial charge on any atom is 0.137 e. The van der Waals surface area contributed by atoms with Crippen molar-refractivity contribution < 1.29 is 4.52 Å². The number of nitrogens with zero attached hydrogens (tertiary/aromatic N) is 2. The monoisotopic (exact) mass is 411 g/mol. The van der Waals surface area contributed by atoms with Crippen molar-refractivity contribution >= 4 is 34.0 Å². The van der Waals surface area contributed by atoms with Gasteiger partial charge in [-0.25, -0.2) is 0 Å². The van der Waals surface area contributed by atoms with Gasteiger partial charge < -0.3 is 10.3 Å². The van der Waals surface area contributed by atoms with Crippen molar-refractivity contribution in [3.63, 3.8) is 0 Å². The van der Waals surface area contributed by atoms with E-state index in [0.717, 1.165) is 46.2 Å². The first kappa shape index (κ1) is 18.9. The molecule has 28 heavy (non-hydrogen) atoms. The number of nitrogens with two attached hydrogens (primary N) is 1. The van der Waals surface area contributed by atoms with E-state index < -0.39 is 0 Å². The van der Waals surface area contributed by atoms with Gasteiger partial charge in [0.15, 0.2) is 0 Å². The molecule has 2 heterocycles. The lowest BCUT2D eigenvalue weighted by atomic mass is 10.0. The second kappa shape index (κ2) is 8.31. The fourth-order valence-corrected chi connectivity index (χ4v) is 3.69. The van der Waals surface area contributed by atoms with Gasteiger partial charge in [-0.2, -0.15) is 0 Å².